The van der Waals surface area contributed by atoms with E-state index in [1.54, 1.807) is 4.90 Å². The van der Waals surface area contributed by atoms with E-state index >= 15 is 0 Å². The van der Waals surface area contributed by atoms with Gasteiger partial charge in [-0.3, -0.25) is 14.9 Å². The number of rotatable bonds is 4. The van der Waals surface area contributed by atoms with E-state index in [-0.39, 0.29) is 23.8 Å². The molecule has 8 heteroatoms. The van der Waals surface area contributed by atoms with Crippen LogP contribution in [0, 0.1) is 10.1 Å². The third-order valence-corrected chi connectivity index (χ3v) is 2.98. The van der Waals surface area contributed by atoms with Crippen molar-refractivity contribution >= 4 is 17.6 Å². The van der Waals surface area contributed by atoms with Gasteiger partial charge in [0, 0.05) is 25.2 Å². The van der Waals surface area contributed by atoms with E-state index in [4.69, 9.17) is 9.47 Å². The maximum atomic E-state index is 11.8. The Morgan fingerprint density at radius 1 is 1.33 bits per heavy atom. The summed E-state index contributed by atoms with van der Waals surface area (Å²) in [7, 11) is 0. The van der Waals surface area contributed by atoms with Crippen LogP contribution in [0.2, 0.25) is 0 Å². The molecule has 2 rings (SSSR count). The molecule has 8 nitrogen and oxygen atoms in total. The molecule has 1 aromatic rings. The molecule has 0 spiro atoms. The van der Waals surface area contributed by atoms with Gasteiger partial charge in [-0.1, -0.05) is 6.07 Å². The molecule has 1 amide bonds. The number of carbonyl (C=O) groups excluding carboxylic acids is 2. The van der Waals surface area contributed by atoms with Crippen LogP contribution in [0.15, 0.2) is 24.3 Å². The molecule has 0 aliphatic carbocycles. The standard InChI is InChI=1S/C13H14N2O6/c16-12(14-4-6-20-7-5-14)9-21-13(17)10-2-1-3-11(8-10)15(18)19/h1-3,8H,4-7,9H2. The Morgan fingerprint density at radius 3 is 2.71 bits per heavy atom. The number of nitrogens with zero attached hydrogens (tertiary/aromatic N) is 2. The number of nitro groups is 1. The molecule has 1 aliphatic heterocycles. The molecule has 1 heterocycles. The average molecular weight is 294 g/mol. The third-order valence-electron chi connectivity index (χ3n) is 2.98. The SMILES string of the molecule is O=C(OCC(=O)N1CCOCC1)c1cccc([N+](=O)[O-])c1. The summed E-state index contributed by atoms with van der Waals surface area (Å²) in [5.41, 5.74) is -0.164. The molecule has 0 saturated carbocycles. The van der Waals surface area contributed by atoms with Crippen LogP contribution >= 0.6 is 0 Å². The van der Waals surface area contributed by atoms with Crippen LogP contribution in [0.5, 0.6) is 0 Å². The molecule has 21 heavy (non-hydrogen) atoms. The van der Waals surface area contributed by atoms with Gasteiger partial charge >= 0.3 is 5.97 Å². The van der Waals surface area contributed by atoms with Gasteiger partial charge in [-0.2, -0.15) is 0 Å². The number of carbonyl (C=O) groups is 2. The van der Waals surface area contributed by atoms with Gasteiger partial charge in [0.25, 0.3) is 11.6 Å². The van der Waals surface area contributed by atoms with Gasteiger partial charge < -0.3 is 14.4 Å². The Hall–Kier alpha value is -2.48. The first kappa shape index (κ1) is 14.9. The first-order chi connectivity index (χ1) is 10.1. The summed E-state index contributed by atoms with van der Waals surface area (Å²) in [6.45, 7) is 1.47. The largest absolute Gasteiger partial charge is 0.452 e. The number of esters is 1. The first-order valence-electron chi connectivity index (χ1n) is 6.35. The van der Waals surface area contributed by atoms with E-state index in [1.165, 1.54) is 18.2 Å². The molecule has 1 aromatic carbocycles. The van der Waals surface area contributed by atoms with Crippen molar-refractivity contribution < 1.29 is 24.0 Å². The van der Waals surface area contributed by atoms with Crippen molar-refractivity contribution in [2.24, 2.45) is 0 Å². The molecule has 0 radical (unpaired) electrons. The van der Waals surface area contributed by atoms with Crippen LogP contribution in [0.3, 0.4) is 0 Å². The summed E-state index contributed by atoms with van der Waals surface area (Å²) < 4.78 is 10.00. The predicted molar refractivity (Wildman–Crippen MR) is 70.8 cm³/mol. The van der Waals surface area contributed by atoms with Crippen molar-refractivity contribution in [2.45, 2.75) is 0 Å². The lowest BCUT2D eigenvalue weighted by Crippen LogP contribution is -2.42. The molecular weight excluding hydrogens is 280 g/mol. The average Bonchev–Trinajstić information content (AvgIpc) is 2.53. The first-order valence-corrected chi connectivity index (χ1v) is 6.35. The summed E-state index contributed by atoms with van der Waals surface area (Å²) in [4.78, 5) is 35.1. The minimum absolute atomic E-state index is 0.0407. The van der Waals surface area contributed by atoms with E-state index < -0.39 is 10.9 Å². The fourth-order valence-corrected chi connectivity index (χ4v) is 1.86. The molecule has 0 unspecified atom stereocenters. The molecule has 1 aliphatic rings. The van der Waals surface area contributed by atoms with Crippen LogP contribution in [-0.2, 0) is 14.3 Å². The fraction of sp³-hybridized carbons (Fsp3) is 0.385. The van der Waals surface area contributed by atoms with Crippen molar-refractivity contribution in [3.05, 3.63) is 39.9 Å². The van der Waals surface area contributed by atoms with Crippen molar-refractivity contribution in [3.63, 3.8) is 0 Å². The second-order valence-electron chi connectivity index (χ2n) is 4.38. The van der Waals surface area contributed by atoms with E-state index in [0.29, 0.717) is 26.3 Å². The van der Waals surface area contributed by atoms with Gasteiger partial charge in [0.15, 0.2) is 6.61 Å². The van der Waals surface area contributed by atoms with Gasteiger partial charge in [0.2, 0.25) is 0 Å². The van der Waals surface area contributed by atoms with Crippen molar-refractivity contribution in [3.8, 4) is 0 Å². The summed E-state index contributed by atoms with van der Waals surface area (Å²) in [6, 6.07) is 5.17. The highest BCUT2D eigenvalue weighted by Crippen LogP contribution is 2.14. The summed E-state index contributed by atoms with van der Waals surface area (Å²) in [5, 5.41) is 10.6. The molecule has 112 valence electrons. The Bertz CT molecular complexity index is 553. The van der Waals surface area contributed by atoms with Crippen LogP contribution in [0.25, 0.3) is 0 Å². The highest BCUT2D eigenvalue weighted by Gasteiger charge is 2.19. The van der Waals surface area contributed by atoms with Gasteiger partial charge in [-0.25, -0.2) is 4.79 Å². The molecule has 0 bridgehead atoms. The molecule has 0 atom stereocenters. The number of morpholine rings is 1. The number of hydrogen-bond acceptors (Lipinski definition) is 6. The number of nitro benzene ring substituents is 1. The van der Waals surface area contributed by atoms with Gasteiger partial charge in [0.1, 0.15) is 0 Å². The lowest BCUT2D eigenvalue weighted by molar-refractivity contribution is -0.384. The van der Waals surface area contributed by atoms with Crippen LogP contribution in [0.1, 0.15) is 10.4 Å². The number of benzene rings is 1. The summed E-state index contributed by atoms with van der Waals surface area (Å²) >= 11 is 0. The third kappa shape index (κ3) is 3.99. The smallest absolute Gasteiger partial charge is 0.338 e. The predicted octanol–water partition coefficient (Wildman–Crippen LogP) is 0.610. The summed E-state index contributed by atoms with van der Waals surface area (Å²) in [6.07, 6.45) is 0. The van der Waals surface area contributed by atoms with Gasteiger partial charge in [-0.15, -0.1) is 0 Å². The van der Waals surface area contributed by atoms with E-state index in [0.717, 1.165) is 6.07 Å². The topological polar surface area (TPSA) is 99.0 Å². The minimum Gasteiger partial charge on any atom is -0.452 e. The molecule has 1 saturated heterocycles. The highest BCUT2D eigenvalue weighted by molar-refractivity contribution is 5.91. The second-order valence-corrected chi connectivity index (χ2v) is 4.38. The van der Waals surface area contributed by atoms with Crippen LogP contribution in [-0.4, -0.2) is 54.6 Å². The Morgan fingerprint density at radius 2 is 2.05 bits per heavy atom. The number of non-ortho nitro benzene ring substituents is 1. The maximum Gasteiger partial charge on any atom is 0.338 e. The monoisotopic (exact) mass is 294 g/mol. The lowest BCUT2D eigenvalue weighted by atomic mass is 10.2. The quantitative estimate of drug-likeness (QED) is 0.458. The Labute approximate surface area is 120 Å². The van der Waals surface area contributed by atoms with E-state index in [2.05, 4.69) is 0 Å². The highest BCUT2D eigenvalue weighted by atomic mass is 16.6. The zero-order valence-corrected chi connectivity index (χ0v) is 11.2. The molecule has 1 fully saturated rings. The minimum atomic E-state index is -0.764. The lowest BCUT2D eigenvalue weighted by Gasteiger charge is -2.26. The Kier molecular flexibility index (Phi) is 4.83. The van der Waals surface area contributed by atoms with Crippen molar-refractivity contribution in [2.75, 3.05) is 32.9 Å². The normalized spacial score (nSPS) is 14.6. The number of amides is 1. The van der Waals surface area contributed by atoms with Crippen molar-refractivity contribution in [1.82, 2.24) is 4.90 Å². The Balaban J connectivity index is 1.90. The molecule has 0 N–H and O–H groups in total. The fourth-order valence-electron chi connectivity index (χ4n) is 1.86. The molecule has 0 aromatic heterocycles. The van der Waals surface area contributed by atoms with E-state index in [1.807, 2.05) is 0 Å². The molecular formula is C13H14N2O6. The number of ether oxygens (including phenoxy) is 2. The number of hydrogen-bond donors (Lipinski definition) is 0. The summed E-state index contributed by atoms with van der Waals surface area (Å²) in [5.74, 6) is -1.07. The van der Waals surface area contributed by atoms with Crippen LogP contribution < -0.4 is 0 Å². The van der Waals surface area contributed by atoms with Crippen molar-refractivity contribution in [1.29, 1.82) is 0 Å². The van der Waals surface area contributed by atoms with Gasteiger partial charge in [0.05, 0.1) is 23.7 Å². The van der Waals surface area contributed by atoms with E-state index in [9.17, 15) is 19.7 Å². The van der Waals surface area contributed by atoms with Crippen LogP contribution in [0.4, 0.5) is 5.69 Å². The maximum absolute atomic E-state index is 11.8. The zero-order valence-electron chi connectivity index (χ0n) is 11.2. The van der Waals surface area contributed by atoms with Gasteiger partial charge in [-0.05, 0) is 6.07 Å². The zero-order chi connectivity index (χ0) is 15.2. The second kappa shape index (κ2) is 6.80.